The van der Waals surface area contributed by atoms with E-state index in [1.54, 1.807) is 43.5 Å². The molecule has 4 rings (SSSR count). The first-order valence-corrected chi connectivity index (χ1v) is 11.6. The van der Waals surface area contributed by atoms with Crippen molar-refractivity contribution in [2.75, 3.05) is 12.4 Å². The second kappa shape index (κ2) is 9.03. The largest absolute Gasteiger partial charge is 0.497 e. The number of hydrogen-bond donors (Lipinski definition) is 1. The summed E-state index contributed by atoms with van der Waals surface area (Å²) >= 11 is 0. The summed E-state index contributed by atoms with van der Waals surface area (Å²) in [6.45, 7) is 0. The predicted molar refractivity (Wildman–Crippen MR) is 127 cm³/mol. The minimum atomic E-state index is -3.02. The zero-order valence-electron chi connectivity index (χ0n) is 17.1. The van der Waals surface area contributed by atoms with E-state index < -0.39 is 7.14 Å². The van der Waals surface area contributed by atoms with Gasteiger partial charge in [-0.2, -0.15) is 0 Å². The van der Waals surface area contributed by atoms with Crippen LogP contribution in [0.25, 0.3) is 0 Å². The van der Waals surface area contributed by atoms with Gasteiger partial charge < -0.3 is 14.6 Å². The third kappa shape index (κ3) is 4.30. The number of methoxy groups -OCH3 is 1. The van der Waals surface area contributed by atoms with Crippen LogP contribution in [0.5, 0.6) is 5.75 Å². The molecule has 154 valence electrons. The van der Waals surface area contributed by atoms with Crippen molar-refractivity contribution in [3.63, 3.8) is 0 Å². The first kappa shape index (κ1) is 20.6. The fourth-order valence-corrected chi connectivity index (χ4v) is 6.07. The molecular formula is C26H22NO3P. The molecule has 1 amide bonds. The number of hydrogen-bond acceptors (Lipinski definition) is 3. The summed E-state index contributed by atoms with van der Waals surface area (Å²) in [5.41, 5.74) is 1.17. The third-order valence-corrected chi connectivity index (χ3v) is 8.16. The highest BCUT2D eigenvalue weighted by Crippen LogP contribution is 2.42. The van der Waals surface area contributed by atoms with Crippen LogP contribution in [-0.4, -0.2) is 13.0 Å². The second-order valence-electron chi connectivity index (χ2n) is 7.01. The van der Waals surface area contributed by atoms with Crippen LogP contribution in [0.4, 0.5) is 5.69 Å². The Morgan fingerprint density at radius 2 is 1.16 bits per heavy atom. The molecule has 0 aromatic heterocycles. The lowest BCUT2D eigenvalue weighted by molar-refractivity contribution is 0.102. The number of anilines is 1. The Bertz CT molecular complexity index is 1160. The molecule has 0 saturated heterocycles. The van der Waals surface area contributed by atoms with E-state index in [1.807, 2.05) is 72.8 Å². The van der Waals surface area contributed by atoms with E-state index in [0.717, 1.165) is 10.6 Å². The fourth-order valence-electron chi connectivity index (χ4n) is 3.42. The fraction of sp³-hybridized carbons (Fsp3) is 0.0385. The monoisotopic (exact) mass is 427 g/mol. The Balaban J connectivity index is 1.63. The minimum absolute atomic E-state index is 0.218. The highest BCUT2D eigenvalue weighted by atomic mass is 31.2. The molecule has 0 aliphatic rings. The molecule has 4 aromatic carbocycles. The molecule has 0 atom stereocenters. The van der Waals surface area contributed by atoms with Crippen molar-refractivity contribution in [1.29, 1.82) is 0 Å². The maximum absolute atomic E-state index is 14.3. The molecule has 4 nitrogen and oxygen atoms in total. The van der Waals surface area contributed by atoms with Gasteiger partial charge in [0, 0.05) is 27.2 Å². The first-order chi connectivity index (χ1) is 15.1. The van der Waals surface area contributed by atoms with Crippen LogP contribution in [0.3, 0.4) is 0 Å². The molecule has 4 aromatic rings. The average Bonchev–Trinajstić information content (AvgIpc) is 2.85. The third-order valence-electron chi connectivity index (χ3n) is 5.08. The van der Waals surface area contributed by atoms with Gasteiger partial charge in [0.05, 0.1) is 7.11 Å². The van der Waals surface area contributed by atoms with Crippen molar-refractivity contribution >= 4 is 34.7 Å². The predicted octanol–water partition coefficient (Wildman–Crippen LogP) is 4.59. The Kier molecular flexibility index (Phi) is 6.01. The zero-order valence-corrected chi connectivity index (χ0v) is 18.0. The number of ether oxygens (including phenoxy) is 1. The lowest BCUT2D eigenvalue weighted by Gasteiger charge is -2.20. The summed E-state index contributed by atoms with van der Waals surface area (Å²) in [5.74, 6) is 0.475. The van der Waals surface area contributed by atoms with Crippen LogP contribution in [0, 0.1) is 0 Å². The highest BCUT2D eigenvalue weighted by Gasteiger charge is 2.29. The number of amides is 1. The number of carbonyl (C=O) groups excluding carboxylic acids is 1. The van der Waals surface area contributed by atoms with Crippen LogP contribution in [-0.2, 0) is 4.57 Å². The van der Waals surface area contributed by atoms with Gasteiger partial charge in [0.15, 0.2) is 7.14 Å². The molecule has 5 heteroatoms. The Labute approximate surface area is 181 Å². The quantitative estimate of drug-likeness (QED) is 0.458. The van der Waals surface area contributed by atoms with Gasteiger partial charge in [-0.3, -0.25) is 4.79 Å². The van der Waals surface area contributed by atoms with Crippen LogP contribution in [0.1, 0.15) is 10.4 Å². The molecule has 0 unspecified atom stereocenters. The maximum Gasteiger partial charge on any atom is 0.255 e. The van der Waals surface area contributed by atoms with E-state index in [9.17, 15) is 9.36 Å². The maximum atomic E-state index is 14.3. The van der Waals surface area contributed by atoms with E-state index >= 15 is 0 Å². The van der Waals surface area contributed by atoms with E-state index in [1.165, 1.54) is 0 Å². The normalized spacial score (nSPS) is 11.0. The standard InChI is InChI=1S/C26H22NO3P/c1-30-22-16-12-20(13-17-22)26(28)27-21-14-18-25(19-15-21)31(29,23-8-4-2-5-9-23)24-10-6-3-7-11-24/h2-19H,1H3,(H,27,28). The lowest BCUT2D eigenvalue weighted by atomic mass is 10.2. The Morgan fingerprint density at radius 1 is 0.677 bits per heavy atom. The summed E-state index contributed by atoms with van der Waals surface area (Å²) in [4.78, 5) is 12.5. The van der Waals surface area contributed by atoms with Gasteiger partial charge >= 0.3 is 0 Å². The lowest BCUT2D eigenvalue weighted by Crippen LogP contribution is -2.25. The van der Waals surface area contributed by atoms with Gasteiger partial charge in [-0.25, -0.2) is 0 Å². The van der Waals surface area contributed by atoms with Gasteiger partial charge in [0.25, 0.3) is 5.91 Å². The van der Waals surface area contributed by atoms with E-state index in [-0.39, 0.29) is 5.91 Å². The van der Waals surface area contributed by atoms with E-state index in [0.29, 0.717) is 22.3 Å². The molecule has 0 aliphatic heterocycles. The molecule has 0 aliphatic carbocycles. The SMILES string of the molecule is COc1ccc(C(=O)Nc2ccc(P(=O)(c3ccccc3)c3ccccc3)cc2)cc1. The molecule has 0 bridgehead atoms. The van der Waals surface area contributed by atoms with Gasteiger partial charge in [-0.05, 0) is 48.5 Å². The van der Waals surface area contributed by atoms with Crippen LogP contribution >= 0.6 is 7.14 Å². The summed E-state index contributed by atoms with van der Waals surface area (Å²) < 4.78 is 19.5. The zero-order chi connectivity index (χ0) is 21.7. The number of benzene rings is 4. The summed E-state index contributed by atoms with van der Waals surface area (Å²) in [6.07, 6.45) is 0. The van der Waals surface area contributed by atoms with E-state index in [4.69, 9.17) is 4.74 Å². The van der Waals surface area contributed by atoms with Gasteiger partial charge in [-0.15, -0.1) is 0 Å². The van der Waals surface area contributed by atoms with Crippen molar-refractivity contribution in [2.45, 2.75) is 0 Å². The van der Waals surface area contributed by atoms with Crippen molar-refractivity contribution in [3.8, 4) is 5.75 Å². The molecular weight excluding hydrogens is 405 g/mol. The van der Waals surface area contributed by atoms with Crippen molar-refractivity contribution in [2.24, 2.45) is 0 Å². The Hall–Kier alpha value is -3.62. The first-order valence-electron chi connectivity index (χ1n) is 9.88. The van der Waals surface area contributed by atoms with Gasteiger partial charge in [0.1, 0.15) is 5.75 Å². The minimum Gasteiger partial charge on any atom is -0.497 e. The molecule has 0 spiro atoms. The van der Waals surface area contributed by atoms with Gasteiger partial charge in [0.2, 0.25) is 0 Å². The summed E-state index contributed by atoms with van der Waals surface area (Å²) in [6, 6.07) is 33.1. The van der Waals surface area contributed by atoms with Crippen LogP contribution in [0.2, 0.25) is 0 Å². The Morgan fingerprint density at radius 3 is 1.65 bits per heavy atom. The average molecular weight is 427 g/mol. The number of carbonyl (C=O) groups is 1. The molecule has 31 heavy (non-hydrogen) atoms. The van der Waals surface area contributed by atoms with Crippen molar-refractivity contribution in [1.82, 2.24) is 0 Å². The smallest absolute Gasteiger partial charge is 0.255 e. The van der Waals surface area contributed by atoms with Crippen LogP contribution < -0.4 is 26.0 Å². The second-order valence-corrected chi connectivity index (χ2v) is 9.78. The van der Waals surface area contributed by atoms with Crippen molar-refractivity contribution in [3.05, 3.63) is 115 Å². The summed E-state index contributed by atoms with van der Waals surface area (Å²) in [5, 5.41) is 5.15. The topological polar surface area (TPSA) is 55.4 Å². The van der Waals surface area contributed by atoms with Crippen LogP contribution in [0.15, 0.2) is 109 Å². The highest BCUT2D eigenvalue weighted by molar-refractivity contribution is 7.85. The van der Waals surface area contributed by atoms with E-state index in [2.05, 4.69) is 5.32 Å². The molecule has 1 N–H and O–H groups in total. The van der Waals surface area contributed by atoms with Gasteiger partial charge in [-0.1, -0.05) is 60.7 Å². The molecule has 0 heterocycles. The number of rotatable bonds is 6. The number of nitrogens with one attached hydrogen (secondary N) is 1. The van der Waals surface area contributed by atoms with Crippen molar-refractivity contribution < 1.29 is 14.1 Å². The molecule has 0 saturated carbocycles. The summed E-state index contributed by atoms with van der Waals surface area (Å²) in [7, 11) is -1.44. The molecule has 0 radical (unpaired) electrons. The molecule has 0 fully saturated rings.